The number of amides is 2. The predicted molar refractivity (Wildman–Crippen MR) is 118 cm³/mol. The van der Waals surface area contributed by atoms with Crippen LogP contribution in [0.15, 0.2) is 36.4 Å². The normalized spacial score (nSPS) is 16.9. The zero-order valence-corrected chi connectivity index (χ0v) is 18.4. The molecule has 0 bridgehead atoms. The topological polar surface area (TPSA) is 65.5 Å². The lowest BCUT2D eigenvalue weighted by molar-refractivity contribution is 0.0820. The van der Waals surface area contributed by atoms with Crippen LogP contribution in [-0.4, -0.2) is 53.3 Å². The first-order chi connectivity index (χ1) is 14.4. The first-order valence-corrected chi connectivity index (χ1v) is 10.6. The van der Waals surface area contributed by atoms with Crippen molar-refractivity contribution in [3.63, 3.8) is 0 Å². The molecule has 1 unspecified atom stereocenters. The molecule has 3 rings (SSSR count). The Labute approximate surface area is 179 Å². The van der Waals surface area contributed by atoms with Gasteiger partial charge >= 0.3 is 0 Å². The Bertz CT molecular complexity index is 910. The van der Waals surface area contributed by atoms with Crippen molar-refractivity contribution in [3.05, 3.63) is 64.5 Å². The second-order valence-electron chi connectivity index (χ2n) is 8.30. The van der Waals surface area contributed by atoms with E-state index in [1.165, 1.54) is 29.7 Å². The Hall–Kier alpha value is -2.73. The van der Waals surface area contributed by atoms with Gasteiger partial charge in [-0.25, -0.2) is 4.98 Å². The van der Waals surface area contributed by atoms with Gasteiger partial charge in [0, 0.05) is 33.2 Å². The molecule has 30 heavy (non-hydrogen) atoms. The lowest BCUT2D eigenvalue weighted by atomic mass is 10.0. The van der Waals surface area contributed by atoms with E-state index in [2.05, 4.69) is 40.3 Å². The maximum atomic E-state index is 12.8. The second kappa shape index (κ2) is 9.85. The molecule has 1 aromatic carbocycles. The van der Waals surface area contributed by atoms with Crippen LogP contribution in [0.1, 0.15) is 63.9 Å². The van der Waals surface area contributed by atoms with Gasteiger partial charge in [0.15, 0.2) is 0 Å². The standard InChI is InChI=1S/C24H32N4O2/c1-17-9-7-8-14-28(17)16-20-11-6-5-10-19(20)15-25-23(29)21-12-13-22(26-18(21)2)24(30)27(3)4/h5-6,10-13,17H,7-9,14-16H2,1-4H3,(H,25,29). The first-order valence-electron chi connectivity index (χ1n) is 10.6. The van der Waals surface area contributed by atoms with E-state index < -0.39 is 0 Å². The second-order valence-corrected chi connectivity index (χ2v) is 8.30. The van der Waals surface area contributed by atoms with Crippen molar-refractivity contribution in [2.75, 3.05) is 20.6 Å². The van der Waals surface area contributed by atoms with Crippen molar-refractivity contribution in [2.24, 2.45) is 0 Å². The van der Waals surface area contributed by atoms with Crippen molar-refractivity contribution in [2.45, 2.75) is 52.2 Å². The molecule has 0 spiro atoms. The maximum absolute atomic E-state index is 12.8. The third-order valence-corrected chi connectivity index (χ3v) is 5.83. The SMILES string of the molecule is Cc1nc(C(=O)N(C)C)ccc1C(=O)NCc1ccccc1CN1CCCCC1C. The minimum atomic E-state index is -0.176. The van der Waals surface area contributed by atoms with Crippen molar-refractivity contribution < 1.29 is 9.59 Å². The molecule has 0 aliphatic carbocycles. The minimum absolute atomic E-state index is 0.175. The summed E-state index contributed by atoms with van der Waals surface area (Å²) >= 11 is 0. The number of carbonyl (C=O) groups excluding carboxylic acids is 2. The van der Waals surface area contributed by atoms with Crippen LogP contribution >= 0.6 is 0 Å². The average molecular weight is 409 g/mol. The summed E-state index contributed by atoms with van der Waals surface area (Å²) in [5.74, 6) is -0.351. The fourth-order valence-corrected chi connectivity index (χ4v) is 3.92. The number of likely N-dealkylation sites (tertiary alicyclic amines) is 1. The summed E-state index contributed by atoms with van der Waals surface area (Å²) in [5, 5.41) is 3.02. The lowest BCUT2D eigenvalue weighted by Gasteiger charge is -2.33. The summed E-state index contributed by atoms with van der Waals surface area (Å²) in [6.45, 7) is 6.56. The van der Waals surface area contributed by atoms with E-state index in [9.17, 15) is 9.59 Å². The van der Waals surface area contributed by atoms with Crippen molar-refractivity contribution >= 4 is 11.8 Å². The Balaban J connectivity index is 1.67. The van der Waals surface area contributed by atoms with Crippen molar-refractivity contribution in [3.8, 4) is 0 Å². The van der Waals surface area contributed by atoms with Crippen LogP contribution < -0.4 is 5.32 Å². The molecule has 1 atom stereocenters. The van der Waals surface area contributed by atoms with Gasteiger partial charge in [0.05, 0.1) is 11.3 Å². The van der Waals surface area contributed by atoms with Crippen LogP contribution in [-0.2, 0) is 13.1 Å². The van der Waals surface area contributed by atoms with Crippen LogP contribution in [0.2, 0.25) is 0 Å². The quantitative estimate of drug-likeness (QED) is 0.796. The zero-order chi connectivity index (χ0) is 21.7. The first kappa shape index (κ1) is 22.0. The molecule has 2 aromatic rings. The zero-order valence-electron chi connectivity index (χ0n) is 18.4. The fourth-order valence-electron chi connectivity index (χ4n) is 3.92. The van der Waals surface area contributed by atoms with Gasteiger partial charge < -0.3 is 10.2 Å². The van der Waals surface area contributed by atoms with Crippen LogP contribution in [0.25, 0.3) is 0 Å². The summed E-state index contributed by atoms with van der Waals surface area (Å²) in [5.41, 5.74) is 3.78. The van der Waals surface area contributed by atoms with Gasteiger partial charge in [0.25, 0.3) is 11.8 Å². The molecule has 6 nitrogen and oxygen atoms in total. The molecule has 1 aliphatic rings. The highest BCUT2D eigenvalue weighted by atomic mass is 16.2. The molecule has 2 amide bonds. The molecule has 0 radical (unpaired) electrons. The number of nitrogens with zero attached hydrogens (tertiary/aromatic N) is 3. The molecular formula is C24H32N4O2. The number of piperidine rings is 1. The van der Waals surface area contributed by atoms with Gasteiger partial charge in [-0.2, -0.15) is 0 Å². The number of nitrogens with one attached hydrogen (secondary N) is 1. The third kappa shape index (κ3) is 5.25. The number of carbonyl (C=O) groups is 2. The molecule has 6 heteroatoms. The average Bonchev–Trinajstić information content (AvgIpc) is 2.73. The Kier molecular flexibility index (Phi) is 7.21. The van der Waals surface area contributed by atoms with E-state index in [1.807, 2.05) is 6.07 Å². The molecular weight excluding hydrogens is 376 g/mol. The van der Waals surface area contributed by atoms with E-state index in [0.717, 1.165) is 18.7 Å². The van der Waals surface area contributed by atoms with E-state index in [-0.39, 0.29) is 11.8 Å². The lowest BCUT2D eigenvalue weighted by Crippen LogP contribution is -2.37. The molecule has 1 N–H and O–H groups in total. The number of aromatic nitrogens is 1. The Morgan fingerprint density at radius 3 is 2.53 bits per heavy atom. The van der Waals surface area contributed by atoms with Gasteiger partial charge in [-0.3, -0.25) is 14.5 Å². The van der Waals surface area contributed by atoms with Crippen LogP contribution in [0.5, 0.6) is 0 Å². The smallest absolute Gasteiger partial charge is 0.271 e. The summed E-state index contributed by atoms with van der Waals surface area (Å²) in [7, 11) is 3.37. The summed E-state index contributed by atoms with van der Waals surface area (Å²) < 4.78 is 0. The van der Waals surface area contributed by atoms with Crippen LogP contribution in [0.4, 0.5) is 0 Å². The third-order valence-electron chi connectivity index (χ3n) is 5.83. The Morgan fingerprint density at radius 2 is 1.87 bits per heavy atom. The highest BCUT2D eigenvalue weighted by molar-refractivity contribution is 5.97. The van der Waals surface area contributed by atoms with Gasteiger partial charge in [0.1, 0.15) is 5.69 Å². The molecule has 160 valence electrons. The van der Waals surface area contributed by atoms with Gasteiger partial charge in [-0.05, 0) is 56.5 Å². The van der Waals surface area contributed by atoms with Crippen molar-refractivity contribution in [1.82, 2.24) is 20.1 Å². The number of rotatable bonds is 6. The molecule has 1 aromatic heterocycles. The summed E-state index contributed by atoms with van der Waals surface area (Å²) in [4.78, 5) is 33.1. The molecule has 1 saturated heterocycles. The summed E-state index contributed by atoms with van der Waals surface area (Å²) in [6.07, 6.45) is 3.81. The van der Waals surface area contributed by atoms with E-state index in [1.54, 1.807) is 33.2 Å². The van der Waals surface area contributed by atoms with Gasteiger partial charge in [-0.15, -0.1) is 0 Å². The highest BCUT2D eigenvalue weighted by Gasteiger charge is 2.20. The maximum Gasteiger partial charge on any atom is 0.271 e. The molecule has 2 heterocycles. The highest BCUT2D eigenvalue weighted by Crippen LogP contribution is 2.21. The largest absolute Gasteiger partial charge is 0.348 e. The van der Waals surface area contributed by atoms with E-state index in [0.29, 0.717) is 29.5 Å². The van der Waals surface area contributed by atoms with Crippen LogP contribution in [0, 0.1) is 6.92 Å². The molecule has 1 fully saturated rings. The minimum Gasteiger partial charge on any atom is -0.348 e. The molecule has 0 saturated carbocycles. The van der Waals surface area contributed by atoms with Crippen LogP contribution in [0.3, 0.4) is 0 Å². The number of benzene rings is 1. The van der Waals surface area contributed by atoms with Gasteiger partial charge in [-0.1, -0.05) is 30.7 Å². The number of pyridine rings is 1. The number of hydrogen-bond donors (Lipinski definition) is 1. The summed E-state index contributed by atoms with van der Waals surface area (Å²) in [6, 6.07) is 12.2. The number of hydrogen-bond acceptors (Lipinski definition) is 4. The number of aryl methyl sites for hydroxylation is 1. The monoisotopic (exact) mass is 408 g/mol. The molecule has 1 aliphatic heterocycles. The van der Waals surface area contributed by atoms with E-state index >= 15 is 0 Å². The van der Waals surface area contributed by atoms with E-state index in [4.69, 9.17) is 0 Å². The fraction of sp³-hybridized carbons (Fsp3) is 0.458. The Morgan fingerprint density at radius 1 is 1.13 bits per heavy atom. The van der Waals surface area contributed by atoms with Crippen molar-refractivity contribution in [1.29, 1.82) is 0 Å². The van der Waals surface area contributed by atoms with Gasteiger partial charge in [0.2, 0.25) is 0 Å². The predicted octanol–water partition coefficient (Wildman–Crippen LogP) is 3.40.